The first-order valence-corrected chi connectivity index (χ1v) is 7.01. The van der Waals surface area contributed by atoms with Crippen molar-refractivity contribution in [2.75, 3.05) is 13.1 Å². The van der Waals surface area contributed by atoms with Gasteiger partial charge in [0, 0.05) is 38.4 Å². The Morgan fingerprint density at radius 3 is 2.72 bits per heavy atom. The van der Waals surface area contributed by atoms with Crippen molar-refractivity contribution in [1.82, 2.24) is 14.5 Å². The molecule has 1 aliphatic rings. The number of halogens is 1. The van der Waals surface area contributed by atoms with Gasteiger partial charge in [0.1, 0.15) is 11.1 Å². The molecule has 2 heterocycles. The third-order valence-corrected chi connectivity index (χ3v) is 4.22. The van der Waals surface area contributed by atoms with Crippen molar-refractivity contribution in [2.45, 2.75) is 25.1 Å². The molecule has 1 fully saturated rings. The fourth-order valence-corrected chi connectivity index (χ4v) is 2.71. The molecule has 1 saturated heterocycles. The van der Waals surface area contributed by atoms with Crippen molar-refractivity contribution in [1.29, 1.82) is 0 Å². The number of aromatic nitrogens is 2. The van der Waals surface area contributed by atoms with Crippen LogP contribution in [-0.2, 0) is 21.6 Å². The van der Waals surface area contributed by atoms with Crippen LogP contribution >= 0.6 is 0 Å². The number of aryl methyl sites for hydroxylation is 1. The number of carbonyl (C=O) groups excluding carboxylic acids is 1. The van der Waals surface area contributed by atoms with Crippen LogP contribution in [0.1, 0.15) is 12.2 Å². The summed E-state index contributed by atoms with van der Waals surface area (Å²) in [5, 5.41) is -1.21. The van der Waals surface area contributed by atoms with Gasteiger partial charge in [-0.25, -0.2) is 4.98 Å². The third-order valence-electron chi connectivity index (χ3n) is 3.11. The fraction of sp³-hybridized carbons (Fsp3) is 0.600. The van der Waals surface area contributed by atoms with E-state index in [0.717, 1.165) is 5.82 Å². The van der Waals surface area contributed by atoms with Gasteiger partial charge in [0.15, 0.2) is 0 Å². The predicted octanol–water partition coefficient (Wildman–Crippen LogP) is 0.0917. The molecule has 0 N–H and O–H groups in total. The maximum Gasteiger partial charge on any atom is 0.307 e. The zero-order valence-electron chi connectivity index (χ0n) is 9.91. The normalized spacial score (nSPS) is 20.7. The van der Waals surface area contributed by atoms with Crippen LogP contribution in [0, 0.1) is 6.92 Å². The van der Waals surface area contributed by atoms with E-state index in [9.17, 15) is 17.1 Å². The monoisotopic (exact) mass is 275 g/mol. The minimum absolute atomic E-state index is 0.0641. The number of likely N-dealkylation sites (tertiary alicyclic amines) is 1. The van der Waals surface area contributed by atoms with Crippen LogP contribution in [0.4, 0.5) is 3.89 Å². The summed E-state index contributed by atoms with van der Waals surface area (Å²) in [5.74, 6) is 0.496. The Balaban J connectivity index is 1.95. The zero-order chi connectivity index (χ0) is 13.3. The van der Waals surface area contributed by atoms with E-state index in [2.05, 4.69) is 4.98 Å². The van der Waals surface area contributed by atoms with Gasteiger partial charge in [0.2, 0.25) is 5.91 Å². The highest BCUT2D eigenvalue weighted by Crippen LogP contribution is 2.19. The summed E-state index contributed by atoms with van der Waals surface area (Å²) >= 11 is 0. The summed E-state index contributed by atoms with van der Waals surface area (Å²) in [6.07, 6.45) is 3.16. The number of nitrogens with zero attached hydrogens (tertiary/aromatic N) is 3. The Morgan fingerprint density at radius 1 is 1.50 bits per heavy atom. The molecule has 0 aromatic carbocycles. The topological polar surface area (TPSA) is 72.3 Å². The van der Waals surface area contributed by atoms with Crippen LogP contribution in [0.3, 0.4) is 0 Å². The van der Waals surface area contributed by atoms with Crippen molar-refractivity contribution in [3.8, 4) is 0 Å². The number of hydrogen-bond acceptors (Lipinski definition) is 4. The van der Waals surface area contributed by atoms with E-state index in [4.69, 9.17) is 0 Å². The van der Waals surface area contributed by atoms with Crippen LogP contribution < -0.4 is 0 Å². The molecule has 0 radical (unpaired) electrons. The molecule has 1 aliphatic heterocycles. The van der Waals surface area contributed by atoms with E-state index >= 15 is 0 Å². The van der Waals surface area contributed by atoms with Gasteiger partial charge in [-0.05, 0) is 6.92 Å². The first kappa shape index (κ1) is 13.0. The Labute approximate surface area is 105 Å². The van der Waals surface area contributed by atoms with Crippen molar-refractivity contribution in [3.63, 3.8) is 0 Å². The van der Waals surface area contributed by atoms with Crippen molar-refractivity contribution < 1.29 is 17.1 Å². The zero-order valence-corrected chi connectivity index (χ0v) is 10.7. The van der Waals surface area contributed by atoms with Crippen LogP contribution in [0.2, 0.25) is 0 Å². The summed E-state index contributed by atoms with van der Waals surface area (Å²) in [5.41, 5.74) is 0. The molecule has 1 unspecified atom stereocenters. The van der Waals surface area contributed by atoms with Crippen LogP contribution in [0.25, 0.3) is 0 Å². The lowest BCUT2D eigenvalue weighted by molar-refractivity contribution is -0.127. The number of rotatable bonds is 4. The highest BCUT2D eigenvalue weighted by Gasteiger charge is 2.38. The van der Waals surface area contributed by atoms with E-state index in [1.807, 2.05) is 11.5 Å². The number of carbonyl (C=O) groups is 1. The minimum atomic E-state index is -4.63. The largest absolute Gasteiger partial charge is 0.339 e. The standard InChI is InChI=1S/C10H14FN3O3S/c1-8-12-2-3-13(8)4-5-14-7-9(6-10(14)15)18(11,16)17/h2-3,9H,4-7H2,1H3. The third kappa shape index (κ3) is 2.69. The quantitative estimate of drug-likeness (QED) is 0.730. The summed E-state index contributed by atoms with van der Waals surface area (Å²) < 4.78 is 36.2. The molecule has 0 aliphatic carbocycles. The van der Waals surface area contributed by atoms with E-state index in [0.29, 0.717) is 13.1 Å². The summed E-state index contributed by atoms with van der Waals surface area (Å²) in [6, 6.07) is 0. The average molecular weight is 275 g/mol. The van der Waals surface area contributed by atoms with Crippen molar-refractivity contribution in [3.05, 3.63) is 18.2 Å². The Bertz CT molecular complexity index is 554. The van der Waals surface area contributed by atoms with Gasteiger partial charge < -0.3 is 9.47 Å². The molecular formula is C10H14FN3O3S. The Kier molecular flexibility index (Phi) is 3.38. The van der Waals surface area contributed by atoms with Gasteiger partial charge in [0.25, 0.3) is 0 Å². The molecule has 2 rings (SSSR count). The van der Waals surface area contributed by atoms with E-state index in [1.54, 1.807) is 12.4 Å². The lowest BCUT2D eigenvalue weighted by Crippen LogP contribution is -2.30. The Hall–Kier alpha value is -1.44. The van der Waals surface area contributed by atoms with Crippen molar-refractivity contribution >= 4 is 16.1 Å². The smallest absolute Gasteiger partial charge is 0.307 e. The van der Waals surface area contributed by atoms with E-state index in [-0.39, 0.29) is 18.9 Å². The number of imidazole rings is 1. The van der Waals surface area contributed by atoms with Crippen LogP contribution in [-0.4, -0.2) is 47.1 Å². The second-order valence-corrected chi connectivity index (χ2v) is 5.93. The summed E-state index contributed by atoms with van der Waals surface area (Å²) in [6.45, 7) is 2.66. The second kappa shape index (κ2) is 4.68. The molecular weight excluding hydrogens is 261 g/mol. The van der Waals surface area contributed by atoms with Gasteiger partial charge in [-0.1, -0.05) is 0 Å². The SMILES string of the molecule is Cc1nccn1CCN1CC(S(=O)(=O)F)CC1=O. The van der Waals surface area contributed by atoms with Gasteiger partial charge in [-0.2, -0.15) is 8.42 Å². The average Bonchev–Trinajstić information content (AvgIpc) is 2.82. The molecule has 18 heavy (non-hydrogen) atoms. The molecule has 8 heteroatoms. The highest BCUT2D eigenvalue weighted by atomic mass is 32.3. The fourth-order valence-electron chi connectivity index (χ4n) is 2.01. The van der Waals surface area contributed by atoms with E-state index in [1.165, 1.54) is 4.90 Å². The van der Waals surface area contributed by atoms with Crippen molar-refractivity contribution in [2.24, 2.45) is 0 Å². The number of hydrogen-bond donors (Lipinski definition) is 0. The van der Waals surface area contributed by atoms with E-state index < -0.39 is 15.5 Å². The van der Waals surface area contributed by atoms with Crippen LogP contribution in [0.5, 0.6) is 0 Å². The first-order chi connectivity index (χ1) is 8.38. The first-order valence-electron chi connectivity index (χ1n) is 5.57. The minimum Gasteiger partial charge on any atom is -0.339 e. The molecule has 100 valence electrons. The second-order valence-electron chi connectivity index (χ2n) is 4.31. The summed E-state index contributed by atoms with van der Waals surface area (Å²) in [7, 11) is -4.63. The Morgan fingerprint density at radius 2 is 2.22 bits per heavy atom. The molecule has 1 amide bonds. The lowest BCUT2D eigenvalue weighted by atomic mass is 10.4. The highest BCUT2D eigenvalue weighted by molar-refractivity contribution is 7.87. The summed E-state index contributed by atoms with van der Waals surface area (Å²) in [4.78, 5) is 17.0. The maximum absolute atomic E-state index is 12.8. The molecule has 0 saturated carbocycles. The van der Waals surface area contributed by atoms with Gasteiger partial charge >= 0.3 is 10.2 Å². The molecule has 1 atom stereocenters. The van der Waals surface area contributed by atoms with Gasteiger partial charge in [-0.3, -0.25) is 4.79 Å². The maximum atomic E-state index is 12.8. The predicted molar refractivity (Wildman–Crippen MR) is 62.0 cm³/mol. The number of amides is 1. The van der Waals surface area contributed by atoms with Crippen LogP contribution in [0.15, 0.2) is 12.4 Å². The molecule has 0 bridgehead atoms. The van der Waals surface area contributed by atoms with Gasteiger partial charge in [0.05, 0.1) is 0 Å². The molecule has 1 aromatic heterocycles. The molecule has 1 aromatic rings. The van der Waals surface area contributed by atoms with Gasteiger partial charge in [-0.15, -0.1) is 3.89 Å². The molecule has 0 spiro atoms. The lowest BCUT2D eigenvalue weighted by Gasteiger charge is -2.16. The molecule has 6 nitrogen and oxygen atoms in total.